The molecule has 0 aliphatic heterocycles. The smallest absolute Gasteiger partial charge is 0.416 e. The molecule has 0 aliphatic rings. The van der Waals surface area contributed by atoms with Crippen molar-refractivity contribution in [3.63, 3.8) is 0 Å². The van der Waals surface area contributed by atoms with Crippen molar-refractivity contribution < 1.29 is 22.7 Å². The molecule has 23 heavy (non-hydrogen) atoms. The van der Waals surface area contributed by atoms with Crippen molar-refractivity contribution in [2.45, 2.75) is 13.1 Å². The fourth-order valence-electron chi connectivity index (χ4n) is 2.02. The van der Waals surface area contributed by atoms with Crippen molar-refractivity contribution in [2.75, 3.05) is 13.2 Å². The van der Waals surface area contributed by atoms with E-state index in [9.17, 15) is 18.0 Å². The van der Waals surface area contributed by atoms with Crippen LogP contribution < -0.4 is 10.1 Å². The summed E-state index contributed by atoms with van der Waals surface area (Å²) in [6, 6.07) is 11.8. The van der Waals surface area contributed by atoms with Gasteiger partial charge in [-0.2, -0.15) is 13.2 Å². The SMILES string of the molecule is Cc1ccccc1C(=O)NCCOc1cccc(C(F)(F)F)c1. The van der Waals surface area contributed by atoms with Crippen molar-refractivity contribution in [3.05, 3.63) is 65.2 Å². The second kappa shape index (κ2) is 7.17. The van der Waals surface area contributed by atoms with Crippen LogP contribution in [0.25, 0.3) is 0 Å². The van der Waals surface area contributed by atoms with Gasteiger partial charge >= 0.3 is 6.18 Å². The fraction of sp³-hybridized carbons (Fsp3) is 0.235. The van der Waals surface area contributed by atoms with Crippen LogP contribution >= 0.6 is 0 Å². The fourth-order valence-corrected chi connectivity index (χ4v) is 2.02. The van der Waals surface area contributed by atoms with E-state index in [1.807, 2.05) is 19.1 Å². The predicted molar refractivity (Wildman–Crippen MR) is 80.5 cm³/mol. The van der Waals surface area contributed by atoms with Gasteiger partial charge in [-0.25, -0.2) is 0 Å². The number of hydrogen-bond donors (Lipinski definition) is 1. The Hall–Kier alpha value is -2.50. The summed E-state index contributed by atoms with van der Waals surface area (Å²) in [5, 5.41) is 2.67. The van der Waals surface area contributed by atoms with Gasteiger partial charge in [0.05, 0.1) is 12.1 Å². The zero-order chi connectivity index (χ0) is 16.9. The summed E-state index contributed by atoms with van der Waals surface area (Å²) >= 11 is 0. The van der Waals surface area contributed by atoms with Crippen molar-refractivity contribution >= 4 is 5.91 Å². The zero-order valence-electron chi connectivity index (χ0n) is 12.5. The highest BCUT2D eigenvalue weighted by Crippen LogP contribution is 2.31. The van der Waals surface area contributed by atoms with Crippen LogP contribution in [-0.2, 0) is 6.18 Å². The van der Waals surface area contributed by atoms with E-state index in [1.54, 1.807) is 12.1 Å². The summed E-state index contributed by atoms with van der Waals surface area (Å²) in [6.07, 6.45) is -4.40. The Morgan fingerprint density at radius 2 is 1.87 bits per heavy atom. The zero-order valence-corrected chi connectivity index (χ0v) is 12.5. The lowest BCUT2D eigenvalue weighted by atomic mass is 10.1. The van der Waals surface area contributed by atoms with Gasteiger partial charge in [0.25, 0.3) is 5.91 Å². The Bertz CT molecular complexity index is 684. The molecule has 6 heteroatoms. The molecule has 0 bridgehead atoms. The highest BCUT2D eigenvalue weighted by molar-refractivity contribution is 5.95. The number of amides is 1. The third kappa shape index (κ3) is 4.74. The van der Waals surface area contributed by atoms with Crippen LogP contribution in [0.2, 0.25) is 0 Å². The summed E-state index contributed by atoms with van der Waals surface area (Å²) < 4.78 is 43.0. The van der Waals surface area contributed by atoms with Crippen LogP contribution in [0.1, 0.15) is 21.5 Å². The number of halogens is 3. The monoisotopic (exact) mass is 323 g/mol. The lowest BCUT2D eigenvalue weighted by Crippen LogP contribution is -2.28. The van der Waals surface area contributed by atoms with Gasteiger partial charge in [-0.05, 0) is 36.8 Å². The van der Waals surface area contributed by atoms with E-state index in [2.05, 4.69) is 5.32 Å². The summed E-state index contributed by atoms with van der Waals surface area (Å²) in [7, 11) is 0. The average molecular weight is 323 g/mol. The first kappa shape index (κ1) is 16.9. The molecule has 0 saturated heterocycles. The van der Waals surface area contributed by atoms with Crippen molar-refractivity contribution in [3.8, 4) is 5.75 Å². The second-order valence-electron chi connectivity index (χ2n) is 4.94. The lowest BCUT2D eigenvalue weighted by molar-refractivity contribution is -0.137. The molecule has 0 aliphatic carbocycles. The summed E-state index contributed by atoms with van der Waals surface area (Å²) in [5.41, 5.74) is 0.648. The standard InChI is InChI=1S/C17H16F3NO2/c1-12-5-2-3-8-15(12)16(22)21-9-10-23-14-7-4-6-13(11-14)17(18,19)20/h2-8,11H,9-10H2,1H3,(H,21,22). The molecular weight excluding hydrogens is 307 g/mol. The Kier molecular flexibility index (Phi) is 5.26. The molecule has 0 fully saturated rings. The van der Waals surface area contributed by atoms with Crippen LogP contribution in [0.4, 0.5) is 13.2 Å². The Balaban J connectivity index is 1.84. The Labute approximate surface area is 132 Å². The second-order valence-corrected chi connectivity index (χ2v) is 4.94. The first-order valence-electron chi connectivity index (χ1n) is 7.02. The molecule has 0 heterocycles. The minimum absolute atomic E-state index is 0.0823. The van der Waals surface area contributed by atoms with Crippen molar-refractivity contribution in [2.24, 2.45) is 0 Å². The van der Waals surface area contributed by atoms with Gasteiger partial charge in [0, 0.05) is 5.56 Å². The average Bonchev–Trinajstić information content (AvgIpc) is 2.51. The van der Waals surface area contributed by atoms with Crippen molar-refractivity contribution in [1.29, 1.82) is 0 Å². The summed E-state index contributed by atoms with van der Waals surface area (Å²) in [4.78, 5) is 11.9. The quantitative estimate of drug-likeness (QED) is 0.850. The number of alkyl halides is 3. The topological polar surface area (TPSA) is 38.3 Å². The molecule has 1 amide bonds. The number of benzene rings is 2. The number of rotatable bonds is 5. The normalized spacial score (nSPS) is 11.1. The molecule has 0 radical (unpaired) electrons. The maximum absolute atomic E-state index is 12.6. The van der Waals surface area contributed by atoms with Crippen LogP contribution in [0.5, 0.6) is 5.75 Å². The van der Waals surface area contributed by atoms with Gasteiger partial charge in [-0.3, -0.25) is 4.79 Å². The first-order chi connectivity index (χ1) is 10.9. The Morgan fingerprint density at radius 1 is 1.13 bits per heavy atom. The van der Waals surface area contributed by atoms with E-state index < -0.39 is 11.7 Å². The number of ether oxygens (including phenoxy) is 1. The molecule has 1 N–H and O–H groups in total. The third-order valence-corrected chi connectivity index (χ3v) is 3.21. The van der Waals surface area contributed by atoms with Crippen molar-refractivity contribution in [1.82, 2.24) is 5.32 Å². The van der Waals surface area contributed by atoms with E-state index in [-0.39, 0.29) is 24.8 Å². The molecule has 2 rings (SSSR count). The summed E-state index contributed by atoms with van der Waals surface area (Å²) in [5.74, 6) is -0.124. The van der Waals surface area contributed by atoms with E-state index in [1.165, 1.54) is 12.1 Å². The molecule has 0 spiro atoms. The van der Waals surface area contributed by atoms with Gasteiger partial charge in [0.15, 0.2) is 0 Å². The van der Waals surface area contributed by atoms with Crippen LogP contribution in [0.3, 0.4) is 0 Å². The molecule has 122 valence electrons. The van der Waals surface area contributed by atoms with Crippen LogP contribution in [-0.4, -0.2) is 19.1 Å². The number of aryl methyl sites for hydroxylation is 1. The van der Waals surface area contributed by atoms with Crippen LogP contribution in [0.15, 0.2) is 48.5 Å². The molecular formula is C17H16F3NO2. The van der Waals surface area contributed by atoms with Crippen LogP contribution in [0, 0.1) is 6.92 Å². The minimum atomic E-state index is -4.40. The number of carbonyl (C=O) groups is 1. The molecule has 3 nitrogen and oxygen atoms in total. The summed E-state index contributed by atoms with van der Waals surface area (Å²) in [6.45, 7) is 2.11. The Morgan fingerprint density at radius 3 is 2.57 bits per heavy atom. The molecule has 0 aromatic heterocycles. The molecule has 0 atom stereocenters. The predicted octanol–water partition coefficient (Wildman–Crippen LogP) is 3.82. The maximum Gasteiger partial charge on any atom is 0.416 e. The minimum Gasteiger partial charge on any atom is -0.492 e. The number of hydrogen-bond acceptors (Lipinski definition) is 2. The van der Waals surface area contributed by atoms with E-state index in [0.29, 0.717) is 5.56 Å². The molecule has 2 aromatic rings. The number of nitrogens with one attached hydrogen (secondary N) is 1. The van der Waals surface area contributed by atoms with Gasteiger partial charge in [0.1, 0.15) is 12.4 Å². The maximum atomic E-state index is 12.6. The highest BCUT2D eigenvalue weighted by atomic mass is 19.4. The van der Waals surface area contributed by atoms with Gasteiger partial charge in [-0.15, -0.1) is 0 Å². The van der Waals surface area contributed by atoms with E-state index in [4.69, 9.17) is 4.74 Å². The van der Waals surface area contributed by atoms with Gasteiger partial charge in [-0.1, -0.05) is 24.3 Å². The molecule has 2 aromatic carbocycles. The third-order valence-electron chi connectivity index (χ3n) is 3.21. The number of carbonyl (C=O) groups excluding carboxylic acids is 1. The lowest BCUT2D eigenvalue weighted by Gasteiger charge is -2.11. The largest absolute Gasteiger partial charge is 0.492 e. The van der Waals surface area contributed by atoms with Gasteiger partial charge in [0.2, 0.25) is 0 Å². The highest BCUT2D eigenvalue weighted by Gasteiger charge is 2.30. The molecule has 0 saturated carbocycles. The van der Waals surface area contributed by atoms with Gasteiger partial charge < -0.3 is 10.1 Å². The van der Waals surface area contributed by atoms with E-state index >= 15 is 0 Å². The van der Waals surface area contributed by atoms with E-state index in [0.717, 1.165) is 17.7 Å². The first-order valence-corrected chi connectivity index (χ1v) is 7.02. The molecule has 0 unspecified atom stereocenters.